The van der Waals surface area contributed by atoms with Gasteiger partial charge in [-0.3, -0.25) is 0 Å². The summed E-state index contributed by atoms with van der Waals surface area (Å²) in [6.45, 7) is 7.47. The molecule has 2 amide bonds. The molecule has 0 fully saturated rings. The van der Waals surface area contributed by atoms with Crippen LogP contribution in [-0.4, -0.2) is 24.0 Å². The van der Waals surface area contributed by atoms with Crippen molar-refractivity contribution in [2.45, 2.75) is 26.8 Å². The summed E-state index contributed by atoms with van der Waals surface area (Å²) in [5.74, 6) is 0. The highest BCUT2D eigenvalue weighted by atomic mass is 16.2. The molecule has 3 nitrogen and oxygen atoms in total. The second-order valence-electron chi connectivity index (χ2n) is 4.91. The number of amides is 2. The first kappa shape index (κ1) is 14.4. The van der Waals surface area contributed by atoms with Crippen LogP contribution < -0.4 is 5.32 Å². The third-order valence-electron chi connectivity index (χ3n) is 3.68. The monoisotopic (exact) mass is 270 g/mol. The number of fused-ring (bicyclic) bond motifs is 1. The first-order chi connectivity index (χ1) is 9.67. The molecule has 1 unspecified atom stereocenters. The number of benzene rings is 2. The minimum Gasteiger partial charge on any atom is -0.331 e. The fourth-order valence-corrected chi connectivity index (χ4v) is 2.49. The average Bonchev–Trinajstić information content (AvgIpc) is 2.47. The molecule has 0 aromatic heterocycles. The van der Waals surface area contributed by atoms with E-state index >= 15 is 0 Å². The van der Waals surface area contributed by atoms with Crippen molar-refractivity contribution in [3.05, 3.63) is 48.0 Å². The Bertz CT molecular complexity index is 585. The molecule has 1 N–H and O–H groups in total. The number of hydrogen-bond acceptors (Lipinski definition) is 1. The van der Waals surface area contributed by atoms with Gasteiger partial charge in [-0.2, -0.15) is 0 Å². The molecule has 0 aliphatic rings. The molecule has 2 aromatic rings. The van der Waals surface area contributed by atoms with Gasteiger partial charge in [0.05, 0.1) is 6.04 Å². The van der Waals surface area contributed by atoms with E-state index in [0.29, 0.717) is 0 Å². The molecule has 0 saturated heterocycles. The molecule has 106 valence electrons. The molecule has 3 heteroatoms. The van der Waals surface area contributed by atoms with Gasteiger partial charge in [-0.15, -0.1) is 0 Å². The lowest BCUT2D eigenvalue weighted by molar-refractivity contribution is 0.200. The maximum Gasteiger partial charge on any atom is 0.317 e. The molecule has 2 rings (SSSR count). The quantitative estimate of drug-likeness (QED) is 0.896. The topological polar surface area (TPSA) is 32.3 Å². The first-order valence-corrected chi connectivity index (χ1v) is 7.20. The molecule has 1 atom stereocenters. The number of carbonyl (C=O) groups excluding carboxylic acids is 1. The van der Waals surface area contributed by atoms with Gasteiger partial charge in [0, 0.05) is 13.1 Å². The van der Waals surface area contributed by atoms with Crippen LogP contribution in [0.15, 0.2) is 42.5 Å². The molecule has 0 bridgehead atoms. The minimum atomic E-state index is -0.00537. The Labute approximate surface area is 120 Å². The van der Waals surface area contributed by atoms with E-state index in [4.69, 9.17) is 0 Å². The summed E-state index contributed by atoms with van der Waals surface area (Å²) >= 11 is 0. The highest BCUT2D eigenvalue weighted by Gasteiger charge is 2.15. The van der Waals surface area contributed by atoms with Crippen LogP contribution in [-0.2, 0) is 0 Å². The van der Waals surface area contributed by atoms with E-state index in [0.717, 1.165) is 18.7 Å². The number of rotatable bonds is 4. The molecule has 0 spiro atoms. The number of carbonyl (C=O) groups is 1. The molecule has 0 radical (unpaired) electrons. The SMILES string of the molecule is CCN(CC)C(=O)NC(C)c1cccc2ccccc12. The number of nitrogens with zero attached hydrogens (tertiary/aromatic N) is 1. The lowest BCUT2D eigenvalue weighted by Gasteiger charge is -2.23. The minimum absolute atomic E-state index is 0.00423. The van der Waals surface area contributed by atoms with Gasteiger partial charge in [0.2, 0.25) is 0 Å². The Kier molecular flexibility index (Phi) is 4.61. The molecular formula is C17H22N2O. The Balaban J connectivity index is 2.23. The zero-order valence-electron chi connectivity index (χ0n) is 12.4. The van der Waals surface area contributed by atoms with Crippen LogP contribution in [0.4, 0.5) is 4.79 Å². The van der Waals surface area contributed by atoms with Crippen molar-refractivity contribution < 1.29 is 4.79 Å². The van der Waals surface area contributed by atoms with E-state index < -0.39 is 0 Å². The highest BCUT2D eigenvalue weighted by molar-refractivity contribution is 5.86. The molecule has 2 aromatic carbocycles. The van der Waals surface area contributed by atoms with Crippen molar-refractivity contribution in [2.24, 2.45) is 0 Å². The van der Waals surface area contributed by atoms with Crippen LogP contribution in [0.2, 0.25) is 0 Å². The van der Waals surface area contributed by atoms with Crippen LogP contribution in [0.5, 0.6) is 0 Å². The number of nitrogens with one attached hydrogen (secondary N) is 1. The third-order valence-corrected chi connectivity index (χ3v) is 3.68. The van der Waals surface area contributed by atoms with E-state index in [1.807, 2.05) is 39.0 Å². The van der Waals surface area contributed by atoms with Crippen LogP contribution >= 0.6 is 0 Å². The van der Waals surface area contributed by atoms with Crippen molar-refractivity contribution in [3.8, 4) is 0 Å². The van der Waals surface area contributed by atoms with Crippen molar-refractivity contribution in [3.63, 3.8) is 0 Å². The Morgan fingerprint density at radius 1 is 1.10 bits per heavy atom. The Morgan fingerprint density at radius 2 is 1.75 bits per heavy atom. The van der Waals surface area contributed by atoms with Gasteiger partial charge in [0.25, 0.3) is 0 Å². The molecule has 0 heterocycles. The van der Waals surface area contributed by atoms with Gasteiger partial charge in [0.1, 0.15) is 0 Å². The van der Waals surface area contributed by atoms with Crippen LogP contribution in [0.25, 0.3) is 10.8 Å². The molecular weight excluding hydrogens is 248 g/mol. The van der Waals surface area contributed by atoms with Crippen LogP contribution in [0.1, 0.15) is 32.4 Å². The highest BCUT2D eigenvalue weighted by Crippen LogP contribution is 2.24. The predicted molar refractivity (Wildman–Crippen MR) is 83.8 cm³/mol. The van der Waals surface area contributed by atoms with E-state index in [-0.39, 0.29) is 12.1 Å². The van der Waals surface area contributed by atoms with E-state index in [2.05, 4.69) is 29.6 Å². The zero-order valence-corrected chi connectivity index (χ0v) is 12.4. The van der Waals surface area contributed by atoms with Gasteiger partial charge in [-0.25, -0.2) is 4.79 Å². The average molecular weight is 270 g/mol. The van der Waals surface area contributed by atoms with E-state index in [9.17, 15) is 4.79 Å². The fraction of sp³-hybridized carbons (Fsp3) is 0.353. The summed E-state index contributed by atoms with van der Waals surface area (Å²) in [6.07, 6.45) is 0. The lowest BCUT2D eigenvalue weighted by atomic mass is 10.00. The summed E-state index contributed by atoms with van der Waals surface area (Å²) in [5, 5.41) is 5.48. The number of hydrogen-bond donors (Lipinski definition) is 1. The molecule has 0 aliphatic carbocycles. The summed E-state index contributed by atoms with van der Waals surface area (Å²) < 4.78 is 0. The van der Waals surface area contributed by atoms with E-state index in [1.54, 1.807) is 4.90 Å². The smallest absolute Gasteiger partial charge is 0.317 e. The van der Waals surface area contributed by atoms with Gasteiger partial charge in [-0.05, 0) is 37.1 Å². The normalized spacial score (nSPS) is 12.2. The van der Waals surface area contributed by atoms with Crippen molar-refractivity contribution in [1.29, 1.82) is 0 Å². The predicted octanol–water partition coefficient (Wildman–Crippen LogP) is 3.95. The van der Waals surface area contributed by atoms with Gasteiger partial charge < -0.3 is 10.2 Å². The second-order valence-corrected chi connectivity index (χ2v) is 4.91. The lowest BCUT2D eigenvalue weighted by Crippen LogP contribution is -2.40. The fourth-order valence-electron chi connectivity index (χ4n) is 2.49. The van der Waals surface area contributed by atoms with Gasteiger partial charge in [-0.1, -0.05) is 42.5 Å². The van der Waals surface area contributed by atoms with Gasteiger partial charge in [0.15, 0.2) is 0 Å². The Hall–Kier alpha value is -2.03. The number of urea groups is 1. The summed E-state index contributed by atoms with van der Waals surface area (Å²) in [5.41, 5.74) is 1.16. The summed E-state index contributed by atoms with van der Waals surface area (Å²) in [4.78, 5) is 13.9. The first-order valence-electron chi connectivity index (χ1n) is 7.20. The van der Waals surface area contributed by atoms with Crippen LogP contribution in [0, 0.1) is 0 Å². The van der Waals surface area contributed by atoms with Crippen LogP contribution in [0.3, 0.4) is 0 Å². The van der Waals surface area contributed by atoms with Crippen molar-refractivity contribution >= 4 is 16.8 Å². The maximum absolute atomic E-state index is 12.1. The summed E-state index contributed by atoms with van der Waals surface area (Å²) in [6, 6.07) is 14.5. The van der Waals surface area contributed by atoms with E-state index in [1.165, 1.54) is 10.8 Å². The Morgan fingerprint density at radius 3 is 2.45 bits per heavy atom. The van der Waals surface area contributed by atoms with Gasteiger partial charge >= 0.3 is 6.03 Å². The maximum atomic E-state index is 12.1. The second kappa shape index (κ2) is 6.42. The van der Waals surface area contributed by atoms with Crippen molar-refractivity contribution in [2.75, 3.05) is 13.1 Å². The molecule has 20 heavy (non-hydrogen) atoms. The zero-order chi connectivity index (χ0) is 14.5. The largest absolute Gasteiger partial charge is 0.331 e. The van der Waals surface area contributed by atoms with Crippen molar-refractivity contribution in [1.82, 2.24) is 10.2 Å². The molecule has 0 saturated carbocycles. The molecule has 0 aliphatic heterocycles. The third kappa shape index (κ3) is 2.93. The summed E-state index contributed by atoms with van der Waals surface area (Å²) in [7, 11) is 0. The standard InChI is InChI=1S/C17H22N2O/c1-4-19(5-2)17(20)18-13(3)15-12-8-10-14-9-6-7-11-16(14)15/h6-13H,4-5H2,1-3H3,(H,18,20).